The van der Waals surface area contributed by atoms with Crippen LogP contribution in [0.3, 0.4) is 0 Å². The summed E-state index contributed by atoms with van der Waals surface area (Å²) in [7, 11) is -2.38. The molecule has 3 heterocycles. The number of aryl methyl sites for hydroxylation is 1. The molecule has 0 amide bonds. The molecule has 47 heavy (non-hydrogen) atoms. The summed E-state index contributed by atoms with van der Waals surface area (Å²) in [5, 5.41) is 20.2. The van der Waals surface area contributed by atoms with Gasteiger partial charge in [0.25, 0.3) is 0 Å². The van der Waals surface area contributed by atoms with Crippen LogP contribution in [-0.4, -0.2) is 57.9 Å². The van der Waals surface area contributed by atoms with E-state index in [1.54, 1.807) is 6.92 Å². The summed E-state index contributed by atoms with van der Waals surface area (Å²) in [6, 6.07) is 25.4. The van der Waals surface area contributed by atoms with Crippen molar-refractivity contribution in [3.63, 3.8) is 0 Å². The van der Waals surface area contributed by atoms with Gasteiger partial charge in [0.05, 0.1) is 6.10 Å². The minimum Gasteiger partial charge on any atom is -0.507 e. The second kappa shape index (κ2) is 15.7. The Kier molecular flexibility index (Phi) is 12.0. The molecule has 2 atom stereocenters. The molecule has 2 unspecified atom stereocenters. The van der Waals surface area contributed by atoms with Crippen molar-refractivity contribution in [2.45, 2.75) is 77.2 Å². The number of hydrogen-bond donors (Lipinski definition) is 4. The third-order valence-corrected chi connectivity index (χ3v) is 8.50. The summed E-state index contributed by atoms with van der Waals surface area (Å²) in [6.45, 7) is 5.49. The minimum absolute atomic E-state index is 0.0465. The van der Waals surface area contributed by atoms with E-state index >= 15 is 0 Å². The molecule has 1 aromatic heterocycles. The fourth-order valence-corrected chi connectivity index (χ4v) is 6.23. The van der Waals surface area contributed by atoms with E-state index in [0.29, 0.717) is 35.9 Å². The number of benzene rings is 3. The maximum absolute atomic E-state index is 11.9. The predicted molar refractivity (Wildman–Crippen MR) is 181 cm³/mol. The Morgan fingerprint density at radius 3 is 1.96 bits per heavy atom. The van der Waals surface area contributed by atoms with Gasteiger partial charge in [0.2, 0.25) is 0 Å². The van der Waals surface area contributed by atoms with E-state index in [1.165, 1.54) is 48.9 Å². The highest BCUT2D eigenvalue weighted by molar-refractivity contribution is 7.79. The van der Waals surface area contributed by atoms with E-state index in [9.17, 15) is 15.0 Å². The molecular weight excluding hydrogens is 622 g/mol. The lowest BCUT2D eigenvalue weighted by Crippen LogP contribution is -2.43. The Hall–Kier alpha value is -4.00. The third-order valence-electron chi connectivity index (χ3n) is 8.50. The molecule has 2 bridgehead atoms. The third kappa shape index (κ3) is 9.99. The Morgan fingerprint density at radius 1 is 0.957 bits per heavy atom. The summed E-state index contributed by atoms with van der Waals surface area (Å²) < 4.78 is 43.6. The molecular formula is C36H43NO9S. The SMILES string of the molecule is CC(C)=CCc1c(O)cc2oc(C)cc(=O)c2c1O.CN1C2CCC1CC(OC(c1ccccc1)c1ccccc1)C2.O=S(=O)(O)O. The molecule has 252 valence electrons. The molecule has 4 aromatic rings. The van der Waals surface area contributed by atoms with E-state index < -0.39 is 10.4 Å². The molecule has 2 fully saturated rings. The first-order valence-electron chi connectivity index (χ1n) is 15.5. The van der Waals surface area contributed by atoms with Crippen molar-refractivity contribution in [3.05, 3.63) is 117 Å². The summed E-state index contributed by atoms with van der Waals surface area (Å²) >= 11 is 0. The van der Waals surface area contributed by atoms with Crippen LogP contribution in [0, 0.1) is 6.92 Å². The Bertz CT molecular complexity index is 1770. The van der Waals surface area contributed by atoms with Gasteiger partial charge in [-0.1, -0.05) is 72.3 Å². The van der Waals surface area contributed by atoms with Crippen LogP contribution >= 0.6 is 0 Å². The summed E-state index contributed by atoms with van der Waals surface area (Å²) in [5.41, 5.74) is 3.80. The van der Waals surface area contributed by atoms with E-state index in [4.69, 9.17) is 26.7 Å². The van der Waals surface area contributed by atoms with Gasteiger partial charge >= 0.3 is 10.4 Å². The zero-order valence-corrected chi connectivity index (χ0v) is 27.9. The summed E-state index contributed by atoms with van der Waals surface area (Å²) in [6.07, 6.45) is 7.66. The Labute approximate surface area is 275 Å². The first kappa shape index (κ1) is 35.8. The minimum atomic E-state index is -4.67. The van der Waals surface area contributed by atoms with Gasteiger partial charge < -0.3 is 24.3 Å². The second-order valence-electron chi connectivity index (χ2n) is 12.2. The largest absolute Gasteiger partial charge is 0.507 e. The molecule has 0 aliphatic carbocycles. The lowest BCUT2D eigenvalue weighted by atomic mass is 9.97. The van der Waals surface area contributed by atoms with E-state index in [0.717, 1.165) is 5.57 Å². The number of ether oxygens (including phenoxy) is 1. The van der Waals surface area contributed by atoms with Gasteiger partial charge in [-0.25, -0.2) is 0 Å². The molecule has 3 aromatic carbocycles. The zero-order chi connectivity index (χ0) is 34.3. The smallest absolute Gasteiger partial charge is 0.394 e. The summed E-state index contributed by atoms with van der Waals surface area (Å²) in [4.78, 5) is 14.5. The van der Waals surface area contributed by atoms with Crippen LogP contribution in [0.4, 0.5) is 0 Å². The van der Waals surface area contributed by atoms with Gasteiger partial charge in [-0.2, -0.15) is 8.42 Å². The zero-order valence-electron chi connectivity index (χ0n) is 27.0. The van der Waals surface area contributed by atoms with E-state index in [-0.39, 0.29) is 34.0 Å². The summed E-state index contributed by atoms with van der Waals surface area (Å²) in [5.74, 6) is 0.158. The van der Waals surface area contributed by atoms with Gasteiger partial charge in [0.15, 0.2) is 5.43 Å². The highest BCUT2D eigenvalue weighted by atomic mass is 32.3. The number of nitrogens with zero attached hydrogens (tertiary/aromatic N) is 1. The molecule has 0 saturated carbocycles. The quantitative estimate of drug-likeness (QED) is 0.128. The lowest BCUT2D eigenvalue weighted by molar-refractivity contribution is -0.0426. The Morgan fingerprint density at radius 2 is 1.47 bits per heavy atom. The van der Waals surface area contributed by atoms with Crippen molar-refractivity contribution in [1.29, 1.82) is 0 Å². The number of allylic oxidation sites excluding steroid dienone is 2. The molecule has 2 aliphatic rings. The van der Waals surface area contributed by atoms with Crippen LogP contribution in [0.15, 0.2) is 93.7 Å². The van der Waals surface area contributed by atoms with Crippen molar-refractivity contribution in [2.24, 2.45) is 0 Å². The van der Waals surface area contributed by atoms with Gasteiger partial charge in [-0.3, -0.25) is 13.9 Å². The van der Waals surface area contributed by atoms with Crippen LogP contribution in [-0.2, 0) is 21.6 Å². The molecule has 11 heteroatoms. The number of hydrogen-bond acceptors (Lipinski definition) is 8. The number of rotatable bonds is 6. The molecule has 2 saturated heterocycles. The molecule has 0 radical (unpaired) electrons. The second-order valence-corrected chi connectivity index (χ2v) is 13.1. The van der Waals surface area contributed by atoms with Crippen LogP contribution in [0.25, 0.3) is 11.0 Å². The molecule has 10 nitrogen and oxygen atoms in total. The first-order valence-corrected chi connectivity index (χ1v) is 16.9. The average molecular weight is 666 g/mol. The van der Waals surface area contributed by atoms with E-state index in [2.05, 4.69) is 72.6 Å². The average Bonchev–Trinajstić information content (AvgIpc) is 3.19. The number of fused-ring (bicyclic) bond motifs is 3. The van der Waals surface area contributed by atoms with Gasteiger partial charge in [-0.05, 0) is 71.0 Å². The fraction of sp³-hybridized carbons (Fsp3) is 0.361. The van der Waals surface area contributed by atoms with Crippen molar-refractivity contribution in [1.82, 2.24) is 4.90 Å². The monoisotopic (exact) mass is 665 g/mol. The molecule has 2 aliphatic heterocycles. The van der Waals surface area contributed by atoms with Gasteiger partial charge in [0.1, 0.15) is 34.3 Å². The normalized spacial score (nSPS) is 19.0. The van der Waals surface area contributed by atoms with Crippen molar-refractivity contribution >= 4 is 21.4 Å². The number of aromatic hydroxyl groups is 2. The van der Waals surface area contributed by atoms with Gasteiger partial charge in [0, 0.05) is 29.8 Å². The van der Waals surface area contributed by atoms with Crippen LogP contribution in [0.1, 0.15) is 68.1 Å². The standard InChI is InChI=1S/C21H25NO.C15H16O4.H2O4S/c1-22-18-12-13-19(22)15-20(14-18)23-21(16-8-4-2-5-9-16)17-10-6-3-7-11-17;1-8(2)4-5-10-11(16)7-13-14(15(10)18)12(17)6-9(3)19-13;1-5(2,3)4/h2-11,18-21H,12-15H2,1H3;4,6-7,16,18H,5H2,1-3H3;(H2,1,2,3,4). The lowest BCUT2D eigenvalue weighted by Gasteiger charge is -2.38. The predicted octanol–water partition coefficient (Wildman–Crippen LogP) is 6.79. The van der Waals surface area contributed by atoms with E-state index in [1.807, 2.05) is 19.9 Å². The number of piperidine rings is 1. The van der Waals surface area contributed by atoms with Crippen molar-refractivity contribution in [2.75, 3.05) is 7.05 Å². The topological polar surface area (TPSA) is 158 Å². The number of phenolic OH excluding ortho intramolecular Hbond substituents is 2. The molecule has 6 rings (SSSR count). The van der Waals surface area contributed by atoms with Crippen molar-refractivity contribution in [3.8, 4) is 11.5 Å². The van der Waals surface area contributed by atoms with Crippen LogP contribution in [0.2, 0.25) is 0 Å². The highest BCUT2D eigenvalue weighted by Gasteiger charge is 2.39. The fourth-order valence-electron chi connectivity index (χ4n) is 6.23. The molecule has 4 N–H and O–H groups in total. The molecule has 0 spiro atoms. The first-order chi connectivity index (χ1) is 22.2. The van der Waals surface area contributed by atoms with Crippen LogP contribution < -0.4 is 5.43 Å². The maximum atomic E-state index is 11.9. The highest BCUT2D eigenvalue weighted by Crippen LogP contribution is 2.39. The van der Waals surface area contributed by atoms with Crippen LogP contribution in [0.5, 0.6) is 11.5 Å². The maximum Gasteiger partial charge on any atom is 0.394 e. The van der Waals surface area contributed by atoms with Gasteiger partial charge in [-0.15, -0.1) is 0 Å². The van der Waals surface area contributed by atoms with Crippen molar-refractivity contribution < 1.29 is 36.9 Å². The number of phenols is 2. The Balaban J connectivity index is 0.000000189.